The van der Waals surface area contributed by atoms with E-state index in [2.05, 4.69) is 4.90 Å². The van der Waals surface area contributed by atoms with E-state index in [-0.39, 0.29) is 17.8 Å². The molecule has 1 heterocycles. The molecule has 0 bridgehead atoms. The van der Waals surface area contributed by atoms with Crippen LogP contribution in [-0.2, 0) is 20.9 Å². The molecule has 4 heteroatoms. The van der Waals surface area contributed by atoms with Gasteiger partial charge in [0.15, 0.2) is 0 Å². The molecular weight excluding hydrogens is 254 g/mol. The van der Waals surface area contributed by atoms with Crippen LogP contribution in [0, 0.1) is 0 Å². The number of ketones is 1. The molecule has 1 saturated heterocycles. The Morgan fingerprint density at radius 2 is 1.90 bits per heavy atom. The zero-order valence-corrected chi connectivity index (χ0v) is 11.9. The Hall–Kier alpha value is -1.68. The molecule has 1 atom stereocenters. The highest BCUT2D eigenvalue weighted by Gasteiger charge is 2.28. The number of rotatable bonds is 5. The topological polar surface area (TPSA) is 46.6 Å². The van der Waals surface area contributed by atoms with Gasteiger partial charge in [-0.25, -0.2) is 0 Å². The highest BCUT2D eigenvalue weighted by Crippen LogP contribution is 2.14. The second kappa shape index (κ2) is 7.20. The van der Waals surface area contributed by atoms with Gasteiger partial charge in [-0.15, -0.1) is 0 Å². The number of ether oxygens (including phenoxy) is 1. The van der Waals surface area contributed by atoms with E-state index in [1.54, 1.807) is 0 Å². The van der Waals surface area contributed by atoms with Crippen molar-refractivity contribution in [1.29, 1.82) is 0 Å². The van der Waals surface area contributed by atoms with Gasteiger partial charge in [0.1, 0.15) is 18.4 Å². The lowest BCUT2D eigenvalue weighted by Gasteiger charge is -2.31. The SMILES string of the molecule is CCC(C(=O)OCc1ccccc1)N1CCC(=O)CC1. The van der Waals surface area contributed by atoms with Crippen LogP contribution in [0.15, 0.2) is 30.3 Å². The van der Waals surface area contributed by atoms with Gasteiger partial charge in [-0.2, -0.15) is 0 Å². The fraction of sp³-hybridized carbons (Fsp3) is 0.500. The van der Waals surface area contributed by atoms with Gasteiger partial charge < -0.3 is 4.74 Å². The number of Topliss-reactive ketones (excluding diaryl/α,β-unsaturated/α-hetero) is 1. The van der Waals surface area contributed by atoms with Crippen LogP contribution in [0.2, 0.25) is 0 Å². The molecule has 2 rings (SSSR count). The quantitative estimate of drug-likeness (QED) is 0.773. The van der Waals surface area contributed by atoms with Crippen LogP contribution in [0.1, 0.15) is 31.7 Å². The van der Waals surface area contributed by atoms with Gasteiger partial charge in [-0.05, 0) is 12.0 Å². The van der Waals surface area contributed by atoms with E-state index in [0.29, 0.717) is 39.0 Å². The van der Waals surface area contributed by atoms with Crippen LogP contribution in [0.5, 0.6) is 0 Å². The van der Waals surface area contributed by atoms with E-state index in [4.69, 9.17) is 4.74 Å². The summed E-state index contributed by atoms with van der Waals surface area (Å²) in [6.45, 7) is 3.61. The van der Waals surface area contributed by atoms with Crippen molar-refractivity contribution in [1.82, 2.24) is 4.90 Å². The maximum Gasteiger partial charge on any atom is 0.323 e. The molecule has 0 aromatic heterocycles. The van der Waals surface area contributed by atoms with Gasteiger partial charge >= 0.3 is 5.97 Å². The summed E-state index contributed by atoms with van der Waals surface area (Å²) < 4.78 is 5.40. The average molecular weight is 275 g/mol. The minimum Gasteiger partial charge on any atom is -0.460 e. The van der Waals surface area contributed by atoms with E-state index in [0.717, 1.165) is 5.56 Å². The third-order valence-corrected chi connectivity index (χ3v) is 3.68. The van der Waals surface area contributed by atoms with Crippen LogP contribution in [0.3, 0.4) is 0 Å². The molecule has 0 N–H and O–H groups in total. The van der Waals surface area contributed by atoms with Crippen LogP contribution < -0.4 is 0 Å². The maximum atomic E-state index is 12.2. The summed E-state index contributed by atoms with van der Waals surface area (Å²) in [6, 6.07) is 9.44. The van der Waals surface area contributed by atoms with Crippen LogP contribution in [0.4, 0.5) is 0 Å². The fourth-order valence-electron chi connectivity index (χ4n) is 2.48. The molecule has 4 nitrogen and oxygen atoms in total. The maximum absolute atomic E-state index is 12.2. The normalized spacial score (nSPS) is 17.8. The van der Waals surface area contributed by atoms with Crippen LogP contribution in [0.25, 0.3) is 0 Å². The van der Waals surface area contributed by atoms with E-state index in [1.807, 2.05) is 37.3 Å². The molecule has 1 aliphatic heterocycles. The predicted molar refractivity (Wildman–Crippen MR) is 76.1 cm³/mol. The number of benzene rings is 1. The van der Waals surface area contributed by atoms with E-state index < -0.39 is 0 Å². The third-order valence-electron chi connectivity index (χ3n) is 3.68. The minimum atomic E-state index is -0.230. The first kappa shape index (κ1) is 14.7. The fourth-order valence-corrected chi connectivity index (χ4v) is 2.48. The number of hydrogen-bond acceptors (Lipinski definition) is 4. The molecule has 1 aromatic rings. The first-order valence-corrected chi connectivity index (χ1v) is 7.17. The van der Waals surface area contributed by atoms with Gasteiger partial charge in [-0.3, -0.25) is 14.5 Å². The predicted octanol–water partition coefficient (Wildman–Crippen LogP) is 2.17. The Balaban J connectivity index is 1.87. The second-order valence-corrected chi connectivity index (χ2v) is 5.09. The van der Waals surface area contributed by atoms with Crippen molar-refractivity contribution >= 4 is 11.8 Å². The lowest BCUT2D eigenvalue weighted by molar-refractivity contribution is -0.152. The van der Waals surface area contributed by atoms with Gasteiger partial charge in [0.25, 0.3) is 0 Å². The molecule has 0 spiro atoms. The zero-order valence-electron chi connectivity index (χ0n) is 11.9. The molecule has 1 aliphatic rings. The monoisotopic (exact) mass is 275 g/mol. The largest absolute Gasteiger partial charge is 0.460 e. The van der Waals surface area contributed by atoms with Gasteiger partial charge in [0, 0.05) is 25.9 Å². The van der Waals surface area contributed by atoms with Crippen molar-refractivity contribution < 1.29 is 14.3 Å². The van der Waals surface area contributed by atoms with E-state index in [9.17, 15) is 9.59 Å². The Morgan fingerprint density at radius 3 is 2.50 bits per heavy atom. The summed E-state index contributed by atoms with van der Waals surface area (Å²) in [5.74, 6) is 0.0967. The Morgan fingerprint density at radius 1 is 1.25 bits per heavy atom. The van der Waals surface area contributed by atoms with E-state index >= 15 is 0 Å². The van der Waals surface area contributed by atoms with Gasteiger partial charge in [-0.1, -0.05) is 37.3 Å². The third kappa shape index (κ3) is 3.90. The van der Waals surface area contributed by atoms with Crippen molar-refractivity contribution in [2.24, 2.45) is 0 Å². The van der Waals surface area contributed by atoms with Crippen molar-refractivity contribution in [3.8, 4) is 0 Å². The molecule has 1 fully saturated rings. The number of carbonyl (C=O) groups is 2. The summed E-state index contributed by atoms with van der Waals surface area (Å²) in [5, 5.41) is 0. The Labute approximate surface area is 119 Å². The number of likely N-dealkylation sites (tertiary alicyclic amines) is 1. The molecule has 1 aromatic carbocycles. The number of esters is 1. The van der Waals surface area contributed by atoms with Crippen LogP contribution in [-0.4, -0.2) is 35.8 Å². The van der Waals surface area contributed by atoms with Crippen molar-refractivity contribution in [2.45, 2.75) is 38.8 Å². The molecule has 1 unspecified atom stereocenters. The van der Waals surface area contributed by atoms with Crippen molar-refractivity contribution in [2.75, 3.05) is 13.1 Å². The highest BCUT2D eigenvalue weighted by molar-refractivity contribution is 5.80. The standard InChI is InChI=1S/C16H21NO3/c1-2-15(17-10-8-14(18)9-11-17)16(19)20-12-13-6-4-3-5-7-13/h3-7,15H,2,8-12H2,1H3. The van der Waals surface area contributed by atoms with Crippen molar-refractivity contribution in [3.05, 3.63) is 35.9 Å². The van der Waals surface area contributed by atoms with Gasteiger partial charge in [0.05, 0.1) is 0 Å². The van der Waals surface area contributed by atoms with Gasteiger partial charge in [0.2, 0.25) is 0 Å². The number of piperidine rings is 1. The zero-order chi connectivity index (χ0) is 14.4. The summed E-state index contributed by atoms with van der Waals surface area (Å²) in [7, 11) is 0. The molecular formula is C16H21NO3. The average Bonchev–Trinajstić information content (AvgIpc) is 2.49. The smallest absolute Gasteiger partial charge is 0.323 e. The Kier molecular flexibility index (Phi) is 5.30. The second-order valence-electron chi connectivity index (χ2n) is 5.09. The summed E-state index contributed by atoms with van der Waals surface area (Å²) in [4.78, 5) is 25.5. The minimum absolute atomic E-state index is 0.189. The first-order chi connectivity index (χ1) is 9.70. The Bertz CT molecular complexity index is 448. The molecule has 0 radical (unpaired) electrons. The highest BCUT2D eigenvalue weighted by atomic mass is 16.5. The molecule has 20 heavy (non-hydrogen) atoms. The lowest BCUT2D eigenvalue weighted by atomic mass is 10.1. The summed E-state index contributed by atoms with van der Waals surface area (Å²) >= 11 is 0. The lowest BCUT2D eigenvalue weighted by Crippen LogP contribution is -2.46. The van der Waals surface area contributed by atoms with Crippen LogP contribution >= 0.6 is 0 Å². The molecule has 108 valence electrons. The number of carbonyl (C=O) groups excluding carboxylic acids is 2. The molecule has 0 amide bonds. The number of hydrogen-bond donors (Lipinski definition) is 0. The molecule has 0 aliphatic carbocycles. The van der Waals surface area contributed by atoms with E-state index in [1.165, 1.54) is 0 Å². The summed E-state index contributed by atoms with van der Waals surface area (Å²) in [6.07, 6.45) is 1.80. The van der Waals surface area contributed by atoms with Crippen molar-refractivity contribution in [3.63, 3.8) is 0 Å². The summed E-state index contributed by atoms with van der Waals surface area (Å²) in [5.41, 5.74) is 0.990. The number of nitrogens with zero attached hydrogens (tertiary/aromatic N) is 1. The first-order valence-electron chi connectivity index (χ1n) is 7.17. The molecule has 0 saturated carbocycles.